The van der Waals surface area contributed by atoms with Crippen molar-refractivity contribution in [1.82, 2.24) is 0 Å². The van der Waals surface area contributed by atoms with Crippen molar-refractivity contribution in [3.63, 3.8) is 0 Å². The molecule has 400 valence electrons. The van der Waals surface area contributed by atoms with E-state index in [1.807, 2.05) is 0 Å². The van der Waals surface area contributed by atoms with E-state index in [9.17, 15) is 0 Å². The number of para-hydroxylation sites is 2. The highest BCUT2D eigenvalue weighted by molar-refractivity contribution is 6.00. The van der Waals surface area contributed by atoms with Crippen LogP contribution in [0.5, 0.6) is 0 Å². The molecule has 4 aliphatic rings. The summed E-state index contributed by atoms with van der Waals surface area (Å²) in [6.45, 7) is 0. The van der Waals surface area contributed by atoms with Crippen LogP contribution in [-0.4, -0.2) is 0 Å². The van der Waals surface area contributed by atoms with Crippen molar-refractivity contribution in [2.45, 2.75) is 10.8 Å². The van der Waals surface area contributed by atoms with Crippen molar-refractivity contribution >= 4 is 67.8 Å². The molecular weight excluding hydrogens is 1040 g/mol. The van der Waals surface area contributed by atoms with Crippen LogP contribution < -0.4 is 9.80 Å². The number of hydrogen-bond acceptors (Lipinski definition) is 2. The largest absolute Gasteiger partial charge is 0.310 e. The predicted octanol–water partition coefficient (Wildman–Crippen LogP) is 21.8. The lowest BCUT2D eigenvalue weighted by molar-refractivity contribution is 0.793. The van der Waals surface area contributed by atoms with E-state index in [0.717, 1.165) is 45.3 Å². The molecule has 4 aliphatic carbocycles. The summed E-state index contributed by atoms with van der Waals surface area (Å²) in [5, 5.41) is 4.88. The van der Waals surface area contributed by atoms with Crippen molar-refractivity contribution in [1.29, 1.82) is 0 Å². The molecule has 14 aromatic carbocycles. The van der Waals surface area contributed by atoms with E-state index in [-0.39, 0.29) is 0 Å². The average Bonchev–Trinajstić information content (AvgIpc) is 1.53. The minimum Gasteiger partial charge on any atom is -0.310 e. The molecule has 0 radical (unpaired) electrons. The zero-order chi connectivity index (χ0) is 56.5. The van der Waals surface area contributed by atoms with Gasteiger partial charge in [-0.25, -0.2) is 0 Å². The normalized spacial score (nSPS) is 13.7. The highest BCUT2D eigenvalue weighted by Gasteiger charge is 2.53. The molecule has 0 atom stereocenters. The van der Waals surface area contributed by atoms with Crippen LogP contribution in [0.3, 0.4) is 0 Å². The third kappa shape index (κ3) is 6.90. The highest BCUT2D eigenvalue weighted by Crippen LogP contribution is 2.65. The molecule has 14 aromatic rings. The molecule has 0 amide bonds. The van der Waals surface area contributed by atoms with Gasteiger partial charge in [-0.3, -0.25) is 0 Å². The van der Waals surface area contributed by atoms with Crippen molar-refractivity contribution in [2.75, 3.05) is 9.80 Å². The smallest absolute Gasteiger partial charge is 0.0726 e. The van der Waals surface area contributed by atoms with Crippen molar-refractivity contribution in [3.8, 4) is 44.5 Å². The zero-order valence-corrected chi connectivity index (χ0v) is 47.1. The van der Waals surface area contributed by atoms with E-state index in [1.165, 1.54) is 111 Å². The summed E-state index contributed by atoms with van der Waals surface area (Å²) in [5.41, 5.74) is 28.7. The first-order chi connectivity index (χ1) is 42.6. The fourth-order valence-electron chi connectivity index (χ4n) is 15.6. The van der Waals surface area contributed by atoms with E-state index in [0.29, 0.717) is 0 Å². The molecule has 0 N–H and O–H groups in total. The molecule has 2 spiro atoms. The fraction of sp³-hybridized carbons (Fsp3) is 0.0238. The van der Waals surface area contributed by atoms with Gasteiger partial charge in [0, 0.05) is 34.1 Å². The van der Waals surface area contributed by atoms with Crippen LogP contribution >= 0.6 is 0 Å². The molecule has 0 aromatic heterocycles. The summed E-state index contributed by atoms with van der Waals surface area (Å²) in [6.07, 6.45) is 4.69. The van der Waals surface area contributed by atoms with Gasteiger partial charge in [-0.05, 0) is 207 Å². The topological polar surface area (TPSA) is 6.48 Å². The third-order valence-electron chi connectivity index (χ3n) is 19.2. The second-order valence-corrected chi connectivity index (χ2v) is 23.5. The first-order valence-electron chi connectivity index (χ1n) is 30.0. The molecule has 0 saturated carbocycles. The lowest BCUT2D eigenvalue weighted by atomic mass is 9.70. The molecule has 2 heteroatoms. The van der Waals surface area contributed by atoms with Gasteiger partial charge in [0.05, 0.1) is 10.8 Å². The second kappa shape index (κ2) is 18.7. The molecular formula is C84H54N2. The monoisotopic (exact) mass is 1090 g/mol. The Morgan fingerprint density at radius 2 is 0.465 bits per heavy atom. The van der Waals surface area contributed by atoms with Crippen LogP contribution in [0, 0.1) is 0 Å². The lowest BCUT2D eigenvalue weighted by Gasteiger charge is -2.32. The Balaban J connectivity index is 0.786. The summed E-state index contributed by atoms with van der Waals surface area (Å²) in [7, 11) is 0. The SMILES string of the molecule is C(=Cc1ccc2c(c1)C1(c3ccccc3-c3ccccc31)c1cc(N(c3ccccc3)c3ccc4ccccc4c3)ccc1-2)c1ccc2c(c1)C1(c3ccccc3-c3ccccc31)c1cc(N(c3ccccc3)c3ccc4ccccc4c3)ccc1-2. The minimum atomic E-state index is -0.554. The molecule has 0 saturated heterocycles. The van der Waals surface area contributed by atoms with Crippen molar-refractivity contribution in [2.24, 2.45) is 0 Å². The Hall–Kier alpha value is -11.1. The number of anilines is 6. The fourth-order valence-corrected chi connectivity index (χ4v) is 15.6. The lowest BCUT2D eigenvalue weighted by Crippen LogP contribution is -2.26. The number of rotatable bonds is 8. The van der Waals surface area contributed by atoms with Crippen LogP contribution in [-0.2, 0) is 10.8 Å². The Bertz CT molecular complexity index is 4730. The van der Waals surface area contributed by atoms with E-state index < -0.39 is 10.8 Å². The maximum Gasteiger partial charge on any atom is 0.0726 e. The first kappa shape index (κ1) is 48.5. The van der Waals surface area contributed by atoms with Gasteiger partial charge in [-0.2, -0.15) is 0 Å². The summed E-state index contributed by atoms with van der Waals surface area (Å²) >= 11 is 0. The van der Waals surface area contributed by atoms with Gasteiger partial charge in [0.15, 0.2) is 0 Å². The third-order valence-corrected chi connectivity index (χ3v) is 19.2. The number of hydrogen-bond donors (Lipinski definition) is 0. The molecule has 18 rings (SSSR count). The van der Waals surface area contributed by atoms with E-state index in [4.69, 9.17) is 0 Å². The van der Waals surface area contributed by atoms with Gasteiger partial charge in [-0.15, -0.1) is 0 Å². The summed E-state index contributed by atoms with van der Waals surface area (Å²) in [4.78, 5) is 4.85. The average molecular weight is 1090 g/mol. The van der Waals surface area contributed by atoms with Gasteiger partial charge in [0.2, 0.25) is 0 Å². The maximum atomic E-state index is 2.50. The predicted molar refractivity (Wildman–Crippen MR) is 359 cm³/mol. The Labute approximate surface area is 501 Å². The van der Waals surface area contributed by atoms with Gasteiger partial charge < -0.3 is 9.80 Å². The number of benzene rings is 14. The molecule has 0 aliphatic heterocycles. The Morgan fingerprint density at radius 3 is 0.849 bits per heavy atom. The number of nitrogens with zero attached hydrogens (tertiary/aromatic N) is 2. The maximum absolute atomic E-state index is 2.50. The summed E-state index contributed by atoms with van der Waals surface area (Å²) < 4.78 is 0. The summed E-state index contributed by atoms with van der Waals surface area (Å²) in [6, 6.07) is 118. The molecule has 0 unspecified atom stereocenters. The Kier molecular flexibility index (Phi) is 10.6. The van der Waals surface area contributed by atoms with E-state index in [2.05, 4.69) is 337 Å². The molecule has 0 fully saturated rings. The quantitative estimate of drug-likeness (QED) is 0.140. The summed E-state index contributed by atoms with van der Waals surface area (Å²) in [5.74, 6) is 0. The van der Waals surface area contributed by atoms with Gasteiger partial charge in [0.1, 0.15) is 0 Å². The van der Waals surface area contributed by atoms with Crippen LogP contribution in [0.4, 0.5) is 34.1 Å². The van der Waals surface area contributed by atoms with Gasteiger partial charge in [0.25, 0.3) is 0 Å². The molecule has 0 bridgehead atoms. The van der Waals surface area contributed by atoms with E-state index >= 15 is 0 Å². The second-order valence-electron chi connectivity index (χ2n) is 23.5. The molecule has 0 heterocycles. The molecule has 86 heavy (non-hydrogen) atoms. The van der Waals surface area contributed by atoms with Gasteiger partial charge >= 0.3 is 0 Å². The van der Waals surface area contributed by atoms with Crippen LogP contribution in [0.25, 0.3) is 78.2 Å². The van der Waals surface area contributed by atoms with Gasteiger partial charge in [-0.1, -0.05) is 243 Å². The van der Waals surface area contributed by atoms with Crippen LogP contribution in [0.2, 0.25) is 0 Å². The van der Waals surface area contributed by atoms with Crippen LogP contribution in [0.1, 0.15) is 55.6 Å². The van der Waals surface area contributed by atoms with Crippen molar-refractivity contribution < 1.29 is 0 Å². The minimum absolute atomic E-state index is 0.554. The molecule has 2 nitrogen and oxygen atoms in total. The standard InChI is InChI=1S/C84H54N2/c1-3-23-61(24-4-1)85(63-41-39-57-19-7-9-21-59(57)51-63)65-43-47-73-71-45-37-55(49-79(71)83(81(73)53-65)75-31-15-11-27-67(75)68-28-12-16-32-76(68)83)35-36-56-38-46-72-74-48-44-66(86(62-25-5-2-6-26-62)64-42-40-58-20-8-10-22-60(58)52-64)54-82(74)84(80(72)50-56)77-33-17-13-29-69(77)70-30-14-18-34-78(70)84/h1-54H. The Morgan fingerprint density at radius 1 is 0.186 bits per heavy atom. The first-order valence-corrected chi connectivity index (χ1v) is 30.0. The van der Waals surface area contributed by atoms with E-state index in [1.54, 1.807) is 0 Å². The highest BCUT2D eigenvalue weighted by atomic mass is 15.1. The zero-order valence-electron chi connectivity index (χ0n) is 47.1. The van der Waals surface area contributed by atoms with Crippen molar-refractivity contribution in [3.05, 3.63) is 371 Å². The number of fused-ring (bicyclic) bond motifs is 22. The van der Waals surface area contributed by atoms with Crippen LogP contribution in [0.15, 0.2) is 315 Å².